The van der Waals surface area contributed by atoms with Gasteiger partial charge in [-0.15, -0.1) is 0 Å². The third-order valence-corrected chi connectivity index (χ3v) is 4.08. The molecule has 2 atom stereocenters. The molecule has 1 rings (SSSR count). The second kappa shape index (κ2) is 8.10. The zero-order valence-corrected chi connectivity index (χ0v) is 12.3. The fraction of sp³-hybridized carbons (Fsp3) is 1.00. The van der Waals surface area contributed by atoms with E-state index in [9.17, 15) is 0 Å². The largest absolute Gasteiger partial charge is 0.315 e. The van der Waals surface area contributed by atoms with E-state index >= 15 is 0 Å². The van der Waals surface area contributed by atoms with Crippen molar-refractivity contribution in [2.45, 2.75) is 59.4 Å². The minimum Gasteiger partial charge on any atom is -0.315 e. The van der Waals surface area contributed by atoms with Crippen LogP contribution in [-0.2, 0) is 0 Å². The Bertz CT molecular complexity index is 191. The van der Waals surface area contributed by atoms with Gasteiger partial charge in [0.25, 0.3) is 0 Å². The predicted molar refractivity (Wildman–Crippen MR) is 76.4 cm³/mol. The summed E-state index contributed by atoms with van der Waals surface area (Å²) in [7, 11) is 0. The molecule has 1 fully saturated rings. The first-order chi connectivity index (χ1) is 8.13. The van der Waals surface area contributed by atoms with Crippen LogP contribution in [-0.4, -0.2) is 37.1 Å². The summed E-state index contributed by atoms with van der Waals surface area (Å²) in [6.45, 7) is 14.2. The van der Waals surface area contributed by atoms with E-state index in [1.165, 1.54) is 38.8 Å². The Morgan fingerprint density at radius 3 is 2.53 bits per heavy atom. The zero-order valence-electron chi connectivity index (χ0n) is 12.3. The van der Waals surface area contributed by atoms with Crippen molar-refractivity contribution in [1.29, 1.82) is 0 Å². The van der Waals surface area contributed by atoms with Crippen molar-refractivity contribution >= 4 is 0 Å². The molecule has 2 nitrogen and oxygen atoms in total. The highest BCUT2D eigenvalue weighted by atomic mass is 15.2. The quantitative estimate of drug-likeness (QED) is 0.767. The molecule has 0 amide bonds. The Hall–Kier alpha value is -0.0800. The van der Waals surface area contributed by atoms with Crippen LogP contribution >= 0.6 is 0 Å². The second-order valence-electron chi connectivity index (χ2n) is 6.14. The number of hydrogen-bond donors (Lipinski definition) is 1. The molecule has 1 aliphatic rings. The van der Waals surface area contributed by atoms with Gasteiger partial charge in [-0.3, -0.25) is 4.90 Å². The lowest BCUT2D eigenvalue weighted by Crippen LogP contribution is -2.41. The molecule has 0 aromatic rings. The summed E-state index contributed by atoms with van der Waals surface area (Å²) in [6, 6.07) is 0.698. The molecule has 0 bridgehead atoms. The number of nitrogens with zero attached hydrogens (tertiary/aromatic N) is 1. The lowest BCUT2D eigenvalue weighted by Gasteiger charge is -2.28. The SMILES string of the molecule is CCC1CCCN(C(C)CNCC(C)C)CC1. The molecule has 0 aromatic carbocycles. The van der Waals surface area contributed by atoms with Crippen molar-refractivity contribution in [2.24, 2.45) is 11.8 Å². The van der Waals surface area contributed by atoms with Gasteiger partial charge >= 0.3 is 0 Å². The topological polar surface area (TPSA) is 15.3 Å². The molecule has 0 aromatic heterocycles. The van der Waals surface area contributed by atoms with Crippen LogP contribution in [0.3, 0.4) is 0 Å². The summed E-state index contributed by atoms with van der Waals surface area (Å²) in [6.07, 6.45) is 5.62. The van der Waals surface area contributed by atoms with E-state index in [0.29, 0.717) is 6.04 Å². The van der Waals surface area contributed by atoms with Crippen molar-refractivity contribution in [3.63, 3.8) is 0 Å². The maximum Gasteiger partial charge on any atom is 0.0192 e. The maximum atomic E-state index is 3.59. The van der Waals surface area contributed by atoms with Crippen LogP contribution in [0.4, 0.5) is 0 Å². The van der Waals surface area contributed by atoms with Crippen LogP contribution in [0.25, 0.3) is 0 Å². The number of hydrogen-bond acceptors (Lipinski definition) is 2. The minimum atomic E-state index is 0.698. The molecule has 0 spiro atoms. The Morgan fingerprint density at radius 1 is 1.12 bits per heavy atom. The highest BCUT2D eigenvalue weighted by Gasteiger charge is 2.19. The van der Waals surface area contributed by atoms with Crippen molar-refractivity contribution in [3.05, 3.63) is 0 Å². The van der Waals surface area contributed by atoms with Gasteiger partial charge in [-0.2, -0.15) is 0 Å². The average Bonchev–Trinajstić information content (AvgIpc) is 2.53. The Balaban J connectivity index is 2.24. The summed E-state index contributed by atoms with van der Waals surface area (Å²) in [5.41, 5.74) is 0. The number of nitrogens with one attached hydrogen (secondary N) is 1. The molecule has 17 heavy (non-hydrogen) atoms. The predicted octanol–water partition coefficient (Wildman–Crippen LogP) is 3.13. The first-order valence-corrected chi connectivity index (χ1v) is 7.58. The van der Waals surface area contributed by atoms with E-state index in [1.54, 1.807) is 0 Å². The van der Waals surface area contributed by atoms with Gasteiger partial charge in [0.1, 0.15) is 0 Å². The lowest BCUT2D eigenvalue weighted by atomic mass is 9.98. The molecule has 1 N–H and O–H groups in total. The van der Waals surface area contributed by atoms with Gasteiger partial charge in [-0.05, 0) is 57.7 Å². The first-order valence-electron chi connectivity index (χ1n) is 7.58. The summed E-state index contributed by atoms with van der Waals surface area (Å²) >= 11 is 0. The van der Waals surface area contributed by atoms with Crippen LogP contribution in [0.15, 0.2) is 0 Å². The van der Waals surface area contributed by atoms with E-state index < -0.39 is 0 Å². The lowest BCUT2D eigenvalue weighted by molar-refractivity contribution is 0.208. The molecule has 0 aliphatic carbocycles. The number of rotatable bonds is 6. The molecule has 1 saturated heterocycles. The highest BCUT2D eigenvalue weighted by Crippen LogP contribution is 2.21. The molecule has 2 heteroatoms. The Kier molecular flexibility index (Phi) is 7.14. The van der Waals surface area contributed by atoms with E-state index in [4.69, 9.17) is 0 Å². The monoisotopic (exact) mass is 240 g/mol. The van der Waals surface area contributed by atoms with Crippen LogP contribution in [0.5, 0.6) is 0 Å². The molecule has 0 radical (unpaired) electrons. The first kappa shape index (κ1) is 15.0. The van der Waals surface area contributed by atoms with Gasteiger partial charge < -0.3 is 5.32 Å². The smallest absolute Gasteiger partial charge is 0.0192 e. The van der Waals surface area contributed by atoms with Crippen molar-refractivity contribution in [3.8, 4) is 0 Å². The average molecular weight is 240 g/mol. The third-order valence-electron chi connectivity index (χ3n) is 4.08. The van der Waals surface area contributed by atoms with Gasteiger partial charge in [0.2, 0.25) is 0 Å². The summed E-state index contributed by atoms with van der Waals surface area (Å²) < 4.78 is 0. The fourth-order valence-corrected chi connectivity index (χ4v) is 2.75. The van der Waals surface area contributed by atoms with Crippen LogP contribution in [0, 0.1) is 11.8 Å². The molecule has 1 aliphatic heterocycles. The van der Waals surface area contributed by atoms with Crippen LogP contribution in [0.2, 0.25) is 0 Å². The van der Waals surface area contributed by atoms with E-state index in [2.05, 4.69) is 37.9 Å². The van der Waals surface area contributed by atoms with Gasteiger partial charge in [0, 0.05) is 12.6 Å². The Labute approximate surface area is 108 Å². The van der Waals surface area contributed by atoms with Gasteiger partial charge in [-0.25, -0.2) is 0 Å². The standard InChI is InChI=1S/C15H32N2/c1-5-15-7-6-9-17(10-8-15)14(4)12-16-11-13(2)3/h13-16H,5-12H2,1-4H3. The van der Waals surface area contributed by atoms with Crippen molar-refractivity contribution in [2.75, 3.05) is 26.2 Å². The molecule has 0 saturated carbocycles. The van der Waals surface area contributed by atoms with E-state index in [0.717, 1.165) is 24.9 Å². The highest BCUT2D eigenvalue weighted by molar-refractivity contribution is 4.75. The molecular formula is C15H32N2. The van der Waals surface area contributed by atoms with Crippen molar-refractivity contribution in [1.82, 2.24) is 10.2 Å². The molecule has 2 unspecified atom stereocenters. The normalized spacial score (nSPS) is 24.9. The van der Waals surface area contributed by atoms with Crippen LogP contribution in [0.1, 0.15) is 53.4 Å². The maximum absolute atomic E-state index is 3.59. The Morgan fingerprint density at radius 2 is 1.88 bits per heavy atom. The summed E-state index contributed by atoms with van der Waals surface area (Å²) in [5.74, 6) is 1.74. The van der Waals surface area contributed by atoms with Crippen molar-refractivity contribution < 1.29 is 0 Å². The van der Waals surface area contributed by atoms with Gasteiger partial charge in [0.15, 0.2) is 0 Å². The number of likely N-dealkylation sites (tertiary alicyclic amines) is 1. The molecule has 1 heterocycles. The third kappa shape index (κ3) is 5.87. The minimum absolute atomic E-state index is 0.698. The van der Waals surface area contributed by atoms with Gasteiger partial charge in [0.05, 0.1) is 0 Å². The van der Waals surface area contributed by atoms with E-state index in [-0.39, 0.29) is 0 Å². The summed E-state index contributed by atoms with van der Waals surface area (Å²) in [5, 5.41) is 3.59. The zero-order chi connectivity index (χ0) is 12.7. The second-order valence-corrected chi connectivity index (χ2v) is 6.14. The van der Waals surface area contributed by atoms with Crippen LogP contribution < -0.4 is 5.32 Å². The molecular weight excluding hydrogens is 208 g/mol. The van der Waals surface area contributed by atoms with E-state index in [1.807, 2.05) is 0 Å². The molecule has 102 valence electrons. The summed E-state index contributed by atoms with van der Waals surface area (Å²) in [4.78, 5) is 2.68. The fourth-order valence-electron chi connectivity index (χ4n) is 2.75. The van der Waals surface area contributed by atoms with Gasteiger partial charge in [-0.1, -0.05) is 27.2 Å².